The van der Waals surface area contributed by atoms with Crippen molar-refractivity contribution in [1.82, 2.24) is 15.8 Å². The summed E-state index contributed by atoms with van der Waals surface area (Å²) in [7, 11) is 0. The normalized spacial score (nSPS) is 11.6. The first kappa shape index (κ1) is 18.4. The lowest BCUT2D eigenvalue weighted by molar-refractivity contribution is 0.0697. The van der Waals surface area contributed by atoms with Crippen LogP contribution in [0.1, 0.15) is 33.2 Å². The molecule has 2 rings (SSSR count). The third-order valence-corrected chi connectivity index (χ3v) is 3.69. The van der Waals surface area contributed by atoms with E-state index in [1.54, 1.807) is 0 Å². The van der Waals surface area contributed by atoms with Gasteiger partial charge in [-0.25, -0.2) is 10.5 Å². The molecule has 1 heterocycles. The first-order valence-corrected chi connectivity index (χ1v) is 7.41. The van der Waals surface area contributed by atoms with Gasteiger partial charge in [0.15, 0.2) is 11.4 Å². The Morgan fingerprint density at radius 1 is 1.24 bits per heavy atom. The van der Waals surface area contributed by atoms with Gasteiger partial charge in [0.25, 0.3) is 5.91 Å². The summed E-state index contributed by atoms with van der Waals surface area (Å²) in [5.74, 6) is -1.57. The molecule has 0 radical (unpaired) electrons. The first-order chi connectivity index (χ1) is 12.0. The van der Waals surface area contributed by atoms with Gasteiger partial charge in [-0.3, -0.25) is 10.0 Å². The fraction of sp³-hybridized carbons (Fsp3) is 0.176. The molecule has 1 atom stereocenters. The Morgan fingerprint density at radius 2 is 1.92 bits per heavy atom. The van der Waals surface area contributed by atoms with Gasteiger partial charge >= 0.3 is 0 Å². The van der Waals surface area contributed by atoms with Crippen LogP contribution in [0.5, 0.6) is 5.75 Å². The molecule has 2 aromatic rings. The Kier molecular flexibility index (Phi) is 6.07. The second kappa shape index (κ2) is 8.25. The topological polar surface area (TPSA) is 135 Å². The van der Waals surface area contributed by atoms with Gasteiger partial charge in [0, 0.05) is 23.0 Å². The molecule has 0 aliphatic carbocycles. The molecule has 8 nitrogen and oxygen atoms in total. The van der Waals surface area contributed by atoms with Crippen molar-refractivity contribution in [2.75, 3.05) is 6.61 Å². The predicted octanol–water partition coefficient (Wildman–Crippen LogP) is 0.692. The maximum Gasteiger partial charge on any atom is 0.297 e. The van der Waals surface area contributed by atoms with Crippen LogP contribution in [0, 0.1) is 0 Å². The number of aromatic hydroxyl groups is 1. The van der Waals surface area contributed by atoms with E-state index in [1.807, 2.05) is 30.3 Å². The van der Waals surface area contributed by atoms with Crippen molar-refractivity contribution in [3.05, 3.63) is 65.5 Å². The number of carbonyl (C=O) groups is 1. The minimum Gasteiger partial charge on any atom is -0.505 e. The molecule has 1 aromatic carbocycles. The second-order valence-electron chi connectivity index (χ2n) is 5.22. The summed E-state index contributed by atoms with van der Waals surface area (Å²) in [6.45, 7) is 3.06. The molecule has 0 aliphatic rings. The number of hydrogen-bond acceptors (Lipinski definition) is 7. The molecular weight excluding hydrogens is 326 g/mol. The smallest absolute Gasteiger partial charge is 0.297 e. The largest absolute Gasteiger partial charge is 0.505 e. The lowest BCUT2D eigenvalue weighted by Crippen LogP contribution is -2.24. The third-order valence-electron chi connectivity index (χ3n) is 3.69. The molecule has 8 heteroatoms. The van der Waals surface area contributed by atoms with Gasteiger partial charge in [0.2, 0.25) is 0 Å². The van der Waals surface area contributed by atoms with Crippen LogP contribution in [-0.2, 0) is 6.61 Å². The quantitative estimate of drug-likeness (QED) is 0.321. The van der Waals surface area contributed by atoms with Crippen molar-refractivity contribution in [3.8, 4) is 5.75 Å². The molecule has 0 spiro atoms. The molecule has 1 amide bonds. The van der Waals surface area contributed by atoms with E-state index in [0.29, 0.717) is 5.70 Å². The number of hydroxylamine groups is 1. The van der Waals surface area contributed by atoms with Crippen molar-refractivity contribution in [1.29, 1.82) is 0 Å². The van der Waals surface area contributed by atoms with Crippen molar-refractivity contribution in [2.45, 2.75) is 12.6 Å². The predicted molar refractivity (Wildman–Crippen MR) is 89.5 cm³/mol. The van der Waals surface area contributed by atoms with Crippen LogP contribution in [0.2, 0.25) is 0 Å². The van der Waals surface area contributed by atoms with E-state index >= 15 is 0 Å². The highest BCUT2D eigenvalue weighted by Gasteiger charge is 2.21. The summed E-state index contributed by atoms with van der Waals surface area (Å²) in [5, 5.41) is 40.9. The van der Waals surface area contributed by atoms with Gasteiger partial charge < -0.3 is 20.6 Å². The maximum atomic E-state index is 11.5. The minimum atomic E-state index is -1.00. The second-order valence-corrected chi connectivity index (χ2v) is 5.22. The summed E-state index contributed by atoms with van der Waals surface area (Å²) in [4.78, 5) is 15.2. The maximum absolute atomic E-state index is 11.5. The Bertz CT molecular complexity index is 764. The van der Waals surface area contributed by atoms with Crippen molar-refractivity contribution >= 4 is 11.6 Å². The first-order valence-electron chi connectivity index (χ1n) is 7.41. The van der Waals surface area contributed by atoms with Gasteiger partial charge in [0.05, 0.1) is 19.3 Å². The Balaban J connectivity index is 2.32. The highest BCUT2D eigenvalue weighted by molar-refractivity contribution is 5.95. The molecular formula is C17H19N3O5. The summed E-state index contributed by atoms with van der Waals surface area (Å²) in [6, 6.07) is 8.72. The highest BCUT2D eigenvalue weighted by Crippen LogP contribution is 2.28. The Labute approximate surface area is 144 Å². The van der Waals surface area contributed by atoms with Gasteiger partial charge in [0.1, 0.15) is 0 Å². The fourth-order valence-electron chi connectivity index (χ4n) is 2.39. The van der Waals surface area contributed by atoms with E-state index in [4.69, 9.17) is 5.21 Å². The molecule has 25 heavy (non-hydrogen) atoms. The van der Waals surface area contributed by atoms with Crippen molar-refractivity contribution in [2.24, 2.45) is 0 Å². The molecule has 0 saturated heterocycles. The average Bonchev–Trinajstić information content (AvgIpc) is 2.65. The van der Waals surface area contributed by atoms with Crippen molar-refractivity contribution < 1.29 is 25.3 Å². The molecule has 132 valence electrons. The number of nitrogens with one attached hydrogen (secondary N) is 2. The zero-order valence-electron chi connectivity index (χ0n) is 13.3. The van der Waals surface area contributed by atoms with Gasteiger partial charge in [-0.15, -0.1) is 0 Å². The number of aliphatic hydroxyl groups excluding tert-OH is 2. The number of rotatable bonds is 7. The Hall–Kier alpha value is -2.94. The SMILES string of the molecule is C=C(N[C@H](CO)c1ccccc1)c1cnc(C(=O)NO)c(O)c1CO. The van der Waals surface area contributed by atoms with Crippen LogP contribution in [0.3, 0.4) is 0 Å². The average molecular weight is 345 g/mol. The van der Waals surface area contributed by atoms with Crippen LogP contribution in [0.15, 0.2) is 43.1 Å². The van der Waals surface area contributed by atoms with E-state index in [-0.39, 0.29) is 17.7 Å². The molecule has 6 N–H and O–H groups in total. The van der Waals surface area contributed by atoms with Gasteiger partial charge in [-0.05, 0) is 5.56 Å². The van der Waals surface area contributed by atoms with E-state index in [1.165, 1.54) is 11.7 Å². The van der Waals surface area contributed by atoms with Crippen LogP contribution >= 0.6 is 0 Å². The minimum absolute atomic E-state index is 0.0239. The fourth-order valence-corrected chi connectivity index (χ4v) is 2.39. The molecule has 0 bridgehead atoms. The zero-order valence-corrected chi connectivity index (χ0v) is 13.3. The van der Waals surface area contributed by atoms with Crippen molar-refractivity contribution in [3.63, 3.8) is 0 Å². The highest BCUT2D eigenvalue weighted by atomic mass is 16.5. The number of pyridine rings is 1. The van der Waals surface area contributed by atoms with E-state index < -0.39 is 30.0 Å². The van der Waals surface area contributed by atoms with Crippen LogP contribution in [0.25, 0.3) is 5.70 Å². The molecule has 0 unspecified atom stereocenters. The zero-order chi connectivity index (χ0) is 18.4. The molecule has 0 saturated carbocycles. The number of nitrogens with zero attached hydrogens (tertiary/aromatic N) is 1. The van der Waals surface area contributed by atoms with Gasteiger partial charge in [-0.2, -0.15) is 0 Å². The van der Waals surface area contributed by atoms with E-state index in [9.17, 15) is 20.1 Å². The molecule has 0 aliphatic heterocycles. The molecule has 1 aromatic heterocycles. The number of aliphatic hydroxyl groups is 2. The summed E-state index contributed by atoms with van der Waals surface area (Å²) in [5.41, 5.74) is 2.37. The lowest BCUT2D eigenvalue weighted by Gasteiger charge is -2.21. The number of carbonyl (C=O) groups excluding carboxylic acids is 1. The monoisotopic (exact) mass is 345 g/mol. The van der Waals surface area contributed by atoms with Crippen LogP contribution in [0.4, 0.5) is 0 Å². The Morgan fingerprint density at radius 3 is 2.48 bits per heavy atom. The summed E-state index contributed by atoms with van der Waals surface area (Å²) < 4.78 is 0. The summed E-state index contributed by atoms with van der Waals surface area (Å²) >= 11 is 0. The van der Waals surface area contributed by atoms with Crippen LogP contribution in [-0.4, -0.2) is 38.0 Å². The van der Waals surface area contributed by atoms with Gasteiger partial charge in [-0.1, -0.05) is 36.9 Å². The molecule has 0 fully saturated rings. The third kappa shape index (κ3) is 3.94. The standard InChI is InChI=1S/C17H19N3O5/c1-10(19-14(9-22)11-5-3-2-4-6-11)12-7-18-15(17(24)20-25)16(23)13(12)8-21/h2-7,14,19,21-23,25H,1,8-9H2,(H,20,24)/t14-/m1/s1. The number of aromatic nitrogens is 1. The van der Waals surface area contributed by atoms with E-state index in [0.717, 1.165) is 5.56 Å². The van der Waals surface area contributed by atoms with Crippen LogP contribution < -0.4 is 10.8 Å². The summed E-state index contributed by atoms with van der Waals surface area (Å²) in [6.07, 6.45) is 1.24. The number of benzene rings is 1. The lowest BCUT2D eigenvalue weighted by atomic mass is 10.0. The number of amides is 1. The van der Waals surface area contributed by atoms with E-state index in [2.05, 4.69) is 16.9 Å². The number of hydrogen-bond donors (Lipinski definition) is 6.